The van der Waals surface area contributed by atoms with Crippen LogP contribution in [0.15, 0.2) is 60.7 Å². The minimum absolute atomic E-state index is 0.223. The quantitative estimate of drug-likeness (QED) is 0.702. The third-order valence-electron chi connectivity index (χ3n) is 5.32. The summed E-state index contributed by atoms with van der Waals surface area (Å²) in [6.45, 7) is 9.25. The van der Waals surface area contributed by atoms with Gasteiger partial charge in [-0.25, -0.2) is 0 Å². The molecule has 144 valence electrons. The second kappa shape index (κ2) is 9.05. The molecule has 1 amide bonds. The van der Waals surface area contributed by atoms with Gasteiger partial charge in [-0.15, -0.1) is 0 Å². The van der Waals surface area contributed by atoms with E-state index in [1.54, 1.807) is 0 Å². The molecule has 0 bridgehead atoms. The molecular formula is C23H30N2O2. The molecule has 0 unspecified atom stereocenters. The molecule has 1 aliphatic rings. The van der Waals surface area contributed by atoms with E-state index in [0.29, 0.717) is 0 Å². The second-order valence-corrected chi connectivity index (χ2v) is 7.64. The molecule has 0 saturated carbocycles. The van der Waals surface area contributed by atoms with Crippen molar-refractivity contribution < 1.29 is 9.53 Å². The Kier molecular flexibility index (Phi) is 6.51. The molecular weight excluding hydrogens is 336 g/mol. The van der Waals surface area contributed by atoms with Crippen LogP contribution in [-0.4, -0.2) is 55.0 Å². The number of rotatable bonds is 7. The van der Waals surface area contributed by atoms with Crippen LogP contribution in [0.2, 0.25) is 0 Å². The van der Waals surface area contributed by atoms with Gasteiger partial charge in [0.1, 0.15) is 5.75 Å². The molecule has 0 aliphatic carbocycles. The summed E-state index contributed by atoms with van der Waals surface area (Å²) in [7, 11) is 0. The van der Waals surface area contributed by atoms with E-state index in [1.165, 1.54) is 0 Å². The Balaban J connectivity index is 1.41. The first-order chi connectivity index (χ1) is 13.1. The standard InChI is InChI=1S/C23H30N2O2/c1-23(2,20-10-5-3-6-11-20)22(26)25-17-15-24(16-18-25)14-9-19-27-21-12-7-4-8-13-21/h3-8,10-13H,9,14-19H2,1-2H3. The number of hydrogen-bond donors (Lipinski definition) is 0. The maximum atomic E-state index is 13.0. The lowest BCUT2D eigenvalue weighted by molar-refractivity contribution is -0.138. The van der Waals surface area contributed by atoms with Crippen LogP contribution in [0.1, 0.15) is 25.8 Å². The zero-order valence-corrected chi connectivity index (χ0v) is 16.4. The average Bonchev–Trinajstić information content (AvgIpc) is 2.72. The van der Waals surface area contributed by atoms with Crippen molar-refractivity contribution in [2.45, 2.75) is 25.7 Å². The monoisotopic (exact) mass is 366 g/mol. The number of carbonyl (C=O) groups excluding carboxylic acids is 1. The Labute approximate surface area is 162 Å². The van der Waals surface area contributed by atoms with E-state index in [0.717, 1.165) is 57.1 Å². The smallest absolute Gasteiger partial charge is 0.232 e. The van der Waals surface area contributed by atoms with E-state index in [1.807, 2.05) is 79.4 Å². The van der Waals surface area contributed by atoms with Gasteiger partial charge in [0, 0.05) is 32.7 Å². The summed E-state index contributed by atoms with van der Waals surface area (Å²) in [5, 5.41) is 0. The van der Waals surface area contributed by atoms with Crippen molar-refractivity contribution in [1.29, 1.82) is 0 Å². The normalized spacial score (nSPS) is 15.6. The van der Waals surface area contributed by atoms with E-state index >= 15 is 0 Å². The molecule has 1 fully saturated rings. The van der Waals surface area contributed by atoms with Crippen LogP contribution in [0.5, 0.6) is 5.75 Å². The van der Waals surface area contributed by atoms with Gasteiger partial charge in [0.25, 0.3) is 0 Å². The Hall–Kier alpha value is -2.33. The number of benzene rings is 2. The van der Waals surface area contributed by atoms with Crippen LogP contribution in [0, 0.1) is 0 Å². The predicted octanol–water partition coefficient (Wildman–Crippen LogP) is 3.58. The van der Waals surface area contributed by atoms with E-state index in [-0.39, 0.29) is 5.91 Å². The summed E-state index contributed by atoms with van der Waals surface area (Å²) in [5.41, 5.74) is 0.600. The lowest BCUT2D eigenvalue weighted by Gasteiger charge is -2.38. The highest BCUT2D eigenvalue weighted by Gasteiger charge is 2.34. The van der Waals surface area contributed by atoms with E-state index in [9.17, 15) is 4.79 Å². The van der Waals surface area contributed by atoms with E-state index in [4.69, 9.17) is 4.74 Å². The number of hydrogen-bond acceptors (Lipinski definition) is 3. The Morgan fingerprint density at radius 3 is 2.15 bits per heavy atom. The zero-order valence-electron chi connectivity index (χ0n) is 16.4. The third kappa shape index (κ3) is 5.10. The van der Waals surface area contributed by atoms with Gasteiger partial charge in [0.15, 0.2) is 0 Å². The van der Waals surface area contributed by atoms with Crippen LogP contribution in [-0.2, 0) is 10.2 Å². The van der Waals surface area contributed by atoms with Crippen molar-refractivity contribution >= 4 is 5.91 Å². The number of ether oxygens (including phenoxy) is 1. The number of amides is 1. The first-order valence-electron chi connectivity index (χ1n) is 9.82. The Morgan fingerprint density at radius 2 is 1.52 bits per heavy atom. The summed E-state index contributed by atoms with van der Waals surface area (Å²) < 4.78 is 5.76. The van der Waals surface area contributed by atoms with Crippen molar-refractivity contribution in [2.24, 2.45) is 0 Å². The van der Waals surface area contributed by atoms with Gasteiger partial charge < -0.3 is 9.64 Å². The zero-order chi connectivity index (χ0) is 19.1. The van der Waals surface area contributed by atoms with Crippen molar-refractivity contribution in [3.8, 4) is 5.75 Å². The molecule has 1 aliphatic heterocycles. The lowest BCUT2D eigenvalue weighted by atomic mass is 9.83. The molecule has 2 aromatic carbocycles. The fraction of sp³-hybridized carbons (Fsp3) is 0.435. The fourth-order valence-electron chi connectivity index (χ4n) is 3.54. The summed E-state index contributed by atoms with van der Waals surface area (Å²) in [4.78, 5) is 17.5. The van der Waals surface area contributed by atoms with Gasteiger partial charge in [0.05, 0.1) is 12.0 Å². The summed E-state index contributed by atoms with van der Waals surface area (Å²) in [5.74, 6) is 1.15. The highest BCUT2D eigenvalue weighted by atomic mass is 16.5. The van der Waals surface area contributed by atoms with Crippen LogP contribution < -0.4 is 4.74 Å². The molecule has 4 nitrogen and oxygen atoms in total. The highest BCUT2D eigenvalue weighted by Crippen LogP contribution is 2.26. The molecule has 0 atom stereocenters. The molecule has 0 N–H and O–H groups in total. The first kappa shape index (κ1) is 19.4. The average molecular weight is 367 g/mol. The van der Waals surface area contributed by atoms with Gasteiger partial charge in [-0.3, -0.25) is 9.69 Å². The number of carbonyl (C=O) groups is 1. The third-order valence-corrected chi connectivity index (χ3v) is 5.32. The molecule has 0 aromatic heterocycles. The Bertz CT molecular complexity index is 708. The maximum Gasteiger partial charge on any atom is 0.232 e. The molecule has 2 aromatic rings. The largest absolute Gasteiger partial charge is 0.494 e. The van der Waals surface area contributed by atoms with Gasteiger partial charge in [-0.05, 0) is 38.0 Å². The minimum atomic E-state index is -0.479. The maximum absolute atomic E-state index is 13.0. The fourth-order valence-corrected chi connectivity index (χ4v) is 3.54. The molecule has 27 heavy (non-hydrogen) atoms. The van der Waals surface area contributed by atoms with Crippen molar-refractivity contribution in [1.82, 2.24) is 9.80 Å². The Morgan fingerprint density at radius 1 is 0.926 bits per heavy atom. The molecule has 0 spiro atoms. The molecule has 1 saturated heterocycles. The van der Waals surface area contributed by atoms with Crippen molar-refractivity contribution in [2.75, 3.05) is 39.3 Å². The molecule has 0 radical (unpaired) electrons. The number of para-hydroxylation sites is 1. The topological polar surface area (TPSA) is 32.8 Å². The summed E-state index contributed by atoms with van der Waals surface area (Å²) in [6.07, 6.45) is 0.998. The predicted molar refractivity (Wildman–Crippen MR) is 109 cm³/mol. The van der Waals surface area contributed by atoms with E-state index < -0.39 is 5.41 Å². The van der Waals surface area contributed by atoms with Gasteiger partial charge in [-0.2, -0.15) is 0 Å². The minimum Gasteiger partial charge on any atom is -0.494 e. The summed E-state index contributed by atoms with van der Waals surface area (Å²) in [6, 6.07) is 20.0. The van der Waals surface area contributed by atoms with Crippen LogP contribution in [0.4, 0.5) is 0 Å². The SMILES string of the molecule is CC(C)(C(=O)N1CCN(CCCOc2ccccc2)CC1)c1ccccc1. The molecule has 1 heterocycles. The first-order valence-corrected chi connectivity index (χ1v) is 9.82. The molecule has 3 rings (SSSR count). The van der Waals surface area contributed by atoms with Crippen molar-refractivity contribution in [3.63, 3.8) is 0 Å². The lowest BCUT2D eigenvalue weighted by Crippen LogP contribution is -2.53. The number of piperazine rings is 1. The van der Waals surface area contributed by atoms with Crippen LogP contribution in [0.3, 0.4) is 0 Å². The van der Waals surface area contributed by atoms with E-state index in [2.05, 4.69) is 4.90 Å². The summed E-state index contributed by atoms with van der Waals surface area (Å²) >= 11 is 0. The van der Waals surface area contributed by atoms with Gasteiger partial charge >= 0.3 is 0 Å². The highest BCUT2D eigenvalue weighted by molar-refractivity contribution is 5.87. The van der Waals surface area contributed by atoms with Crippen LogP contribution in [0.25, 0.3) is 0 Å². The van der Waals surface area contributed by atoms with Crippen LogP contribution >= 0.6 is 0 Å². The van der Waals surface area contributed by atoms with Crippen molar-refractivity contribution in [3.05, 3.63) is 66.2 Å². The number of nitrogens with zero attached hydrogens (tertiary/aromatic N) is 2. The van der Waals surface area contributed by atoms with Gasteiger partial charge in [-0.1, -0.05) is 48.5 Å². The molecule has 4 heteroatoms. The second-order valence-electron chi connectivity index (χ2n) is 7.64. The van der Waals surface area contributed by atoms with Gasteiger partial charge in [0.2, 0.25) is 5.91 Å².